The van der Waals surface area contributed by atoms with Crippen molar-refractivity contribution in [1.29, 1.82) is 0 Å². The molecular formula is C32H40ClN3O5S. The van der Waals surface area contributed by atoms with Crippen molar-refractivity contribution < 1.29 is 22.7 Å². The molecule has 1 atom stereocenters. The quantitative estimate of drug-likeness (QED) is 0.265. The number of halogens is 1. The highest BCUT2D eigenvalue weighted by atomic mass is 35.5. The van der Waals surface area contributed by atoms with E-state index >= 15 is 0 Å². The van der Waals surface area contributed by atoms with Crippen molar-refractivity contribution in [3.8, 4) is 5.75 Å². The first-order valence-electron chi connectivity index (χ1n) is 13.9. The number of nitrogens with zero attached hydrogens (tertiary/aromatic N) is 2. The second-order valence-corrected chi connectivity index (χ2v) is 13.0. The molecule has 0 aliphatic carbocycles. The van der Waals surface area contributed by atoms with Crippen molar-refractivity contribution in [3.63, 3.8) is 0 Å². The number of sulfonamides is 1. The molecule has 0 radical (unpaired) electrons. The van der Waals surface area contributed by atoms with E-state index in [0.717, 1.165) is 21.0 Å². The van der Waals surface area contributed by atoms with Crippen LogP contribution in [0.1, 0.15) is 43.9 Å². The molecule has 0 aliphatic rings. The number of rotatable bonds is 13. The number of hydrogen-bond donors (Lipinski definition) is 1. The second kappa shape index (κ2) is 14.6. The number of benzene rings is 3. The van der Waals surface area contributed by atoms with E-state index in [0.29, 0.717) is 23.7 Å². The van der Waals surface area contributed by atoms with Gasteiger partial charge in [-0.1, -0.05) is 68.3 Å². The van der Waals surface area contributed by atoms with Gasteiger partial charge in [0.15, 0.2) is 0 Å². The Morgan fingerprint density at radius 2 is 1.57 bits per heavy atom. The summed E-state index contributed by atoms with van der Waals surface area (Å²) < 4.78 is 34.9. The van der Waals surface area contributed by atoms with Crippen LogP contribution in [-0.4, -0.2) is 51.4 Å². The maximum absolute atomic E-state index is 14.2. The number of methoxy groups -OCH3 is 1. The maximum atomic E-state index is 14.2. The molecule has 42 heavy (non-hydrogen) atoms. The van der Waals surface area contributed by atoms with Crippen LogP contribution in [-0.2, 0) is 26.2 Å². The van der Waals surface area contributed by atoms with Crippen molar-refractivity contribution in [2.75, 3.05) is 24.5 Å². The zero-order valence-electron chi connectivity index (χ0n) is 25.1. The van der Waals surface area contributed by atoms with Gasteiger partial charge in [0.05, 0.1) is 17.7 Å². The summed E-state index contributed by atoms with van der Waals surface area (Å²) >= 11 is 6.09. The Morgan fingerprint density at radius 3 is 2.14 bits per heavy atom. The van der Waals surface area contributed by atoms with E-state index < -0.39 is 28.5 Å². The Bertz CT molecular complexity index is 1470. The summed E-state index contributed by atoms with van der Waals surface area (Å²) in [6.45, 7) is 9.50. The minimum atomic E-state index is -4.21. The zero-order valence-corrected chi connectivity index (χ0v) is 26.6. The highest BCUT2D eigenvalue weighted by Crippen LogP contribution is 2.34. The molecule has 0 saturated carbocycles. The van der Waals surface area contributed by atoms with Crippen LogP contribution in [0.2, 0.25) is 5.02 Å². The van der Waals surface area contributed by atoms with Gasteiger partial charge in [0.25, 0.3) is 10.0 Å². The van der Waals surface area contributed by atoms with Crippen LogP contribution >= 0.6 is 11.6 Å². The average molecular weight is 614 g/mol. The minimum absolute atomic E-state index is 0.0374. The van der Waals surface area contributed by atoms with Crippen molar-refractivity contribution >= 4 is 39.1 Å². The number of carbonyl (C=O) groups excluding carboxylic acids is 2. The van der Waals surface area contributed by atoms with Gasteiger partial charge < -0.3 is 15.0 Å². The molecule has 10 heteroatoms. The summed E-state index contributed by atoms with van der Waals surface area (Å²) in [4.78, 5) is 29.1. The lowest BCUT2D eigenvalue weighted by Gasteiger charge is -2.33. The predicted molar refractivity (Wildman–Crippen MR) is 167 cm³/mol. The molecule has 3 aromatic rings. The van der Waals surface area contributed by atoms with Gasteiger partial charge >= 0.3 is 0 Å². The molecule has 2 amide bonds. The summed E-state index contributed by atoms with van der Waals surface area (Å²) in [7, 11) is -2.76. The van der Waals surface area contributed by atoms with Gasteiger partial charge in [0.2, 0.25) is 11.8 Å². The van der Waals surface area contributed by atoms with Gasteiger partial charge in [-0.3, -0.25) is 13.9 Å². The number of anilines is 1. The van der Waals surface area contributed by atoms with E-state index in [1.54, 1.807) is 54.6 Å². The lowest BCUT2D eigenvalue weighted by molar-refractivity contribution is -0.140. The number of amides is 2. The number of hydrogen-bond acceptors (Lipinski definition) is 5. The predicted octanol–water partition coefficient (Wildman–Crippen LogP) is 5.74. The topological polar surface area (TPSA) is 96.0 Å². The Morgan fingerprint density at radius 1 is 0.952 bits per heavy atom. The van der Waals surface area contributed by atoms with Gasteiger partial charge in [0.1, 0.15) is 18.3 Å². The Balaban J connectivity index is 2.11. The third kappa shape index (κ3) is 8.26. The molecular weight excluding hydrogens is 574 g/mol. The van der Waals surface area contributed by atoms with Crippen LogP contribution in [0.3, 0.4) is 0 Å². The van der Waals surface area contributed by atoms with Crippen LogP contribution in [0.5, 0.6) is 5.75 Å². The van der Waals surface area contributed by atoms with E-state index in [1.807, 2.05) is 34.6 Å². The molecule has 8 nitrogen and oxygen atoms in total. The Labute approximate surface area is 254 Å². The molecule has 3 aromatic carbocycles. The first-order valence-corrected chi connectivity index (χ1v) is 15.7. The number of ether oxygens (including phenoxy) is 1. The first kappa shape index (κ1) is 32.9. The average Bonchev–Trinajstić information content (AvgIpc) is 2.95. The van der Waals surface area contributed by atoms with E-state index in [1.165, 1.54) is 24.1 Å². The van der Waals surface area contributed by atoms with Crippen molar-refractivity contribution in [2.24, 2.45) is 5.92 Å². The van der Waals surface area contributed by atoms with Gasteiger partial charge in [-0.25, -0.2) is 8.42 Å². The summed E-state index contributed by atoms with van der Waals surface area (Å²) in [6, 6.07) is 17.8. The van der Waals surface area contributed by atoms with Crippen molar-refractivity contribution in [2.45, 2.75) is 58.5 Å². The fraction of sp³-hybridized carbons (Fsp3) is 0.375. The lowest BCUT2D eigenvalue weighted by atomic mass is 10.1. The molecule has 3 rings (SSSR count). The summed E-state index contributed by atoms with van der Waals surface area (Å²) in [5, 5.41) is 3.47. The van der Waals surface area contributed by atoms with Crippen molar-refractivity contribution in [1.82, 2.24) is 10.2 Å². The van der Waals surface area contributed by atoms with E-state index in [-0.39, 0.29) is 29.0 Å². The largest absolute Gasteiger partial charge is 0.495 e. The monoisotopic (exact) mass is 613 g/mol. The summed E-state index contributed by atoms with van der Waals surface area (Å²) in [6.07, 6.45) is 0.335. The highest BCUT2D eigenvalue weighted by molar-refractivity contribution is 7.92. The summed E-state index contributed by atoms with van der Waals surface area (Å²) in [5.41, 5.74) is 2.68. The molecule has 0 saturated heterocycles. The highest BCUT2D eigenvalue weighted by Gasteiger charge is 2.34. The first-order chi connectivity index (χ1) is 19.9. The van der Waals surface area contributed by atoms with Crippen LogP contribution < -0.4 is 14.4 Å². The maximum Gasteiger partial charge on any atom is 0.264 e. The third-order valence-corrected chi connectivity index (χ3v) is 8.85. The normalized spacial score (nSPS) is 12.1. The Kier molecular flexibility index (Phi) is 11.4. The SMILES string of the molecule is CC[C@H](C(=O)NCC(C)C)N(Cc1ccc(Cl)cc1)C(=O)CN(c1cc(C)ccc1OC)S(=O)(=O)c1ccc(C)cc1. The zero-order chi connectivity index (χ0) is 31.0. The lowest BCUT2D eigenvalue weighted by Crippen LogP contribution is -2.52. The fourth-order valence-electron chi connectivity index (χ4n) is 4.47. The molecule has 1 N–H and O–H groups in total. The van der Waals surface area contributed by atoms with Crippen LogP contribution in [0.4, 0.5) is 5.69 Å². The minimum Gasteiger partial charge on any atom is -0.495 e. The van der Waals surface area contributed by atoms with Crippen molar-refractivity contribution in [3.05, 3.63) is 88.4 Å². The summed E-state index contributed by atoms with van der Waals surface area (Å²) in [5.74, 6) is -0.309. The molecule has 0 aliphatic heterocycles. The standard InChI is InChI=1S/C32H40ClN3O5S/c1-7-28(32(38)34-19-22(2)3)35(20-25-11-13-26(33)14-12-25)31(37)21-36(29-18-24(5)10-17-30(29)41-6)42(39,40)27-15-8-23(4)9-16-27/h8-18,22,28H,7,19-21H2,1-6H3,(H,34,38)/t28-/m1/s1. The molecule has 0 fully saturated rings. The molecule has 0 spiro atoms. The molecule has 0 aromatic heterocycles. The molecule has 0 unspecified atom stereocenters. The Hall–Kier alpha value is -3.56. The second-order valence-electron chi connectivity index (χ2n) is 10.7. The third-order valence-electron chi connectivity index (χ3n) is 6.83. The van der Waals surface area contributed by atoms with Gasteiger partial charge in [-0.05, 0) is 73.7 Å². The molecule has 0 bridgehead atoms. The smallest absolute Gasteiger partial charge is 0.264 e. The molecule has 0 heterocycles. The van der Waals surface area contributed by atoms with Gasteiger partial charge in [-0.2, -0.15) is 0 Å². The van der Waals surface area contributed by atoms with Gasteiger partial charge in [0, 0.05) is 18.1 Å². The van der Waals surface area contributed by atoms with Crippen LogP contribution in [0.15, 0.2) is 71.6 Å². The number of carbonyl (C=O) groups is 2. The number of nitrogens with one attached hydrogen (secondary N) is 1. The van der Waals surface area contributed by atoms with Crippen LogP contribution in [0, 0.1) is 19.8 Å². The van der Waals surface area contributed by atoms with Crippen LogP contribution in [0.25, 0.3) is 0 Å². The van der Waals surface area contributed by atoms with Gasteiger partial charge in [-0.15, -0.1) is 0 Å². The number of aryl methyl sites for hydroxylation is 2. The van der Waals surface area contributed by atoms with E-state index in [4.69, 9.17) is 16.3 Å². The van der Waals surface area contributed by atoms with E-state index in [9.17, 15) is 18.0 Å². The fourth-order valence-corrected chi connectivity index (χ4v) is 6.02. The molecule has 226 valence electrons. The van der Waals surface area contributed by atoms with E-state index in [2.05, 4.69) is 5.32 Å².